The monoisotopic (exact) mass is 253 g/mol. The molecule has 0 aromatic heterocycles. The Kier molecular flexibility index (Phi) is 3.89. The molecule has 3 nitrogen and oxygen atoms in total. The normalized spacial score (nSPS) is 22.8. The van der Waals surface area contributed by atoms with E-state index in [4.69, 9.17) is 16.3 Å². The number of nitrogens with zero attached hydrogens (tertiary/aromatic N) is 1. The van der Waals surface area contributed by atoms with Crippen LogP contribution in [0.2, 0.25) is 0 Å². The summed E-state index contributed by atoms with van der Waals surface area (Å²) < 4.78 is 5.47. The van der Waals surface area contributed by atoms with Crippen LogP contribution in [0.3, 0.4) is 0 Å². The van der Waals surface area contributed by atoms with Crippen molar-refractivity contribution >= 4 is 17.5 Å². The average molecular weight is 254 g/mol. The van der Waals surface area contributed by atoms with Crippen molar-refractivity contribution in [2.24, 2.45) is 0 Å². The molecule has 1 heterocycles. The molecule has 1 aliphatic carbocycles. The second kappa shape index (κ2) is 5.41. The molecule has 0 N–H and O–H groups in total. The van der Waals surface area contributed by atoms with Gasteiger partial charge in [0.15, 0.2) is 6.23 Å². The Balaban J connectivity index is 2.25. The largest absolute Gasteiger partial charge is 0.474 e. The lowest BCUT2D eigenvalue weighted by molar-refractivity contribution is -0.133. The van der Waals surface area contributed by atoms with Crippen molar-refractivity contribution in [1.29, 1.82) is 0 Å². The average Bonchev–Trinajstić information content (AvgIpc) is 2.77. The van der Waals surface area contributed by atoms with Crippen molar-refractivity contribution < 1.29 is 9.53 Å². The molecule has 0 spiro atoms. The Bertz CT molecular complexity index is 398. The molecule has 2 aliphatic rings. The fraction of sp³-hybridized carbons (Fsp3) is 0.462. The van der Waals surface area contributed by atoms with Crippen molar-refractivity contribution in [2.75, 3.05) is 5.88 Å². The Morgan fingerprint density at radius 1 is 1.53 bits per heavy atom. The van der Waals surface area contributed by atoms with Gasteiger partial charge in [-0.3, -0.25) is 9.69 Å². The van der Waals surface area contributed by atoms with E-state index < -0.39 is 0 Å². The number of halogens is 1. The van der Waals surface area contributed by atoms with Gasteiger partial charge >= 0.3 is 0 Å². The van der Waals surface area contributed by atoms with E-state index in [9.17, 15) is 4.79 Å². The van der Waals surface area contributed by atoms with E-state index in [2.05, 4.69) is 6.92 Å². The van der Waals surface area contributed by atoms with Crippen LogP contribution in [0.1, 0.15) is 26.2 Å². The first kappa shape index (κ1) is 12.2. The maximum Gasteiger partial charge on any atom is 0.244 e. The fourth-order valence-corrected chi connectivity index (χ4v) is 2.37. The molecule has 1 atom stereocenters. The number of rotatable bonds is 3. The lowest BCUT2D eigenvalue weighted by atomic mass is 10.2. The fourth-order valence-electron chi connectivity index (χ4n) is 2.24. The van der Waals surface area contributed by atoms with Crippen molar-refractivity contribution in [3.8, 4) is 0 Å². The molecule has 92 valence electrons. The summed E-state index contributed by atoms with van der Waals surface area (Å²) in [6, 6.07) is 0. The predicted molar refractivity (Wildman–Crippen MR) is 67.3 cm³/mol. The topological polar surface area (TPSA) is 29.5 Å². The van der Waals surface area contributed by atoms with Gasteiger partial charge in [-0.05, 0) is 38.3 Å². The van der Waals surface area contributed by atoms with Gasteiger partial charge < -0.3 is 4.74 Å². The van der Waals surface area contributed by atoms with E-state index in [-0.39, 0.29) is 18.0 Å². The molecule has 17 heavy (non-hydrogen) atoms. The summed E-state index contributed by atoms with van der Waals surface area (Å²) in [5, 5.41) is 0. The Morgan fingerprint density at radius 2 is 2.35 bits per heavy atom. The second-order valence-electron chi connectivity index (χ2n) is 4.22. The molecule has 0 aromatic carbocycles. The van der Waals surface area contributed by atoms with Crippen LogP contribution in [-0.2, 0) is 9.53 Å². The molecular formula is C13H16ClNO2. The Hall–Kier alpha value is -1.22. The van der Waals surface area contributed by atoms with E-state index in [1.165, 1.54) is 5.57 Å². The van der Waals surface area contributed by atoms with Crippen LogP contribution < -0.4 is 0 Å². The van der Waals surface area contributed by atoms with Crippen LogP contribution in [0.5, 0.6) is 0 Å². The van der Waals surface area contributed by atoms with Crippen LogP contribution in [0.25, 0.3) is 0 Å². The van der Waals surface area contributed by atoms with Gasteiger partial charge in [-0.2, -0.15) is 0 Å². The van der Waals surface area contributed by atoms with E-state index in [1.807, 2.05) is 12.2 Å². The molecule has 0 radical (unpaired) electrons. The van der Waals surface area contributed by atoms with Gasteiger partial charge in [-0.25, -0.2) is 0 Å². The smallest absolute Gasteiger partial charge is 0.244 e. The highest BCUT2D eigenvalue weighted by molar-refractivity contribution is 6.27. The van der Waals surface area contributed by atoms with Gasteiger partial charge in [0, 0.05) is 5.70 Å². The maximum atomic E-state index is 12.0. The van der Waals surface area contributed by atoms with E-state index >= 15 is 0 Å². The summed E-state index contributed by atoms with van der Waals surface area (Å²) in [5.41, 5.74) is 2.33. The third-order valence-electron chi connectivity index (χ3n) is 3.07. The molecular weight excluding hydrogens is 238 g/mol. The van der Waals surface area contributed by atoms with Gasteiger partial charge in [-0.1, -0.05) is 11.6 Å². The second-order valence-corrected chi connectivity index (χ2v) is 4.49. The van der Waals surface area contributed by atoms with E-state index in [0.717, 1.165) is 25.0 Å². The number of hydrogen-bond donors (Lipinski definition) is 0. The van der Waals surface area contributed by atoms with Crippen LogP contribution in [0.15, 0.2) is 35.8 Å². The third kappa shape index (κ3) is 2.55. The van der Waals surface area contributed by atoms with Crippen molar-refractivity contribution in [3.05, 3.63) is 35.8 Å². The third-order valence-corrected chi connectivity index (χ3v) is 3.30. The SMILES string of the molecule is CC1=C(N(C(=O)CCl)C2C=CC=CO2)CCC1. The summed E-state index contributed by atoms with van der Waals surface area (Å²) in [6.45, 7) is 2.07. The molecule has 1 aliphatic heterocycles. The van der Waals surface area contributed by atoms with Crippen molar-refractivity contribution in [3.63, 3.8) is 0 Å². The van der Waals surface area contributed by atoms with Gasteiger partial charge in [0.1, 0.15) is 5.88 Å². The van der Waals surface area contributed by atoms with Crippen LogP contribution >= 0.6 is 11.6 Å². The van der Waals surface area contributed by atoms with E-state index in [0.29, 0.717) is 0 Å². The minimum Gasteiger partial charge on any atom is -0.474 e. The number of allylic oxidation sites excluding steroid dienone is 4. The lowest BCUT2D eigenvalue weighted by Crippen LogP contribution is -2.40. The van der Waals surface area contributed by atoms with Crippen LogP contribution in [0.4, 0.5) is 0 Å². The van der Waals surface area contributed by atoms with Crippen LogP contribution in [0, 0.1) is 0 Å². The molecule has 2 rings (SSSR count). The molecule has 0 saturated heterocycles. The number of alkyl halides is 1. The number of amides is 1. The molecule has 1 amide bonds. The number of carbonyl (C=O) groups excluding carboxylic acids is 1. The standard InChI is InChI=1S/C13H16ClNO2/c1-10-5-4-6-11(10)15(12(16)9-14)13-7-2-3-8-17-13/h2-3,7-8,13H,4-6,9H2,1H3. The summed E-state index contributed by atoms with van der Waals surface area (Å²) in [7, 11) is 0. The summed E-state index contributed by atoms with van der Waals surface area (Å²) >= 11 is 5.68. The van der Waals surface area contributed by atoms with Gasteiger partial charge in [0.05, 0.1) is 6.26 Å². The zero-order valence-corrected chi connectivity index (χ0v) is 10.6. The lowest BCUT2D eigenvalue weighted by Gasteiger charge is -2.31. The highest BCUT2D eigenvalue weighted by Crippen LogP contribution is 2.31. The first-order valence-corrected chi connectivity index (χ1v) is 6.33. The molecule has 1 unspecified atom stereocenters. The van der Waals surface area contributed by atoms with Crippen LogP contribution in [-0.4, -0.2) is 22.9 Å². The highest BCUT2D eigenvalue weighted by Gasteiger charge is 2.29. The number of hydrogen-bond acceptors (Lipinski definition) is 2. The summed E-state index contributed by atoms with van der Waals surface area (Å²) in [4.78, 5) is 13.7. The molecule has 0 aromatic rings. The summed E-state index contributed by atoms with van der Waals surface area (Å²) in [6.07, 6.45) is 9.87. The van der Waals surface area contributed by atoms with Gasteiger partial charge in [-0.15, -0.1) is 11.6 Å². The Morgan fingerprint density at radius 3 is 2.88 bits per heavy atom. The van der Waals surface area contributed by atoms with E-state index in [1.54, 1.807) is 17.2 Å². The molecule has 0 saturated carbocycles. The van der Waals surface area contributed by atoms with Gasteiger partial charge in [0.2, 0.25) is 5.91 Å². The first-order valence-electron chi connectivity index (χ1n) is 5.79. The highest BCUT2D eigenvalue weighted by atomic mass is 35.5. The quantitative estimate of drug-likeness (QED) is 0.724. The molecule has 0 fully saturated rings. The zero-order valence-electron chi connectivity index (χ0n) is 9.86. The minimum atomic E-state index is -0.353. The van der Waals surface area contributed by atoms with Crippen molar-refractivity contribution in [1.82, 2.24) is 4.90 Å². The molecule has 0 bridgehead atoms. The Labute approximate surface area is 106 Å². The van der Waals surface area contributed by atoms with Crippen molar-refractivity contribution in [2.45, 2.75) is 32.4 Å². The predicted octanol–water partition coefficient (Wildman–Crippen LogP) is 2.94. The number of ether oxygens (including phenoxy) is 1. The number of carbonyl (C=O) groups is 1. The zero-order chi connectivity index (χ0) is 12.3. The first-order chi connectivity index (χ1) is 8.24. The minimum absolute atomic E-state index is 0.0196. The maximum absolute atomic E-state index is 12.0. The van der Waals surface area contributed by atoms with Gasteiger partial charge in [0.25, 0.3) is 0 Å². The molecule has 4 heteroatoms. The summed E-state index contributed by atoms with van der Waals surface area (Å²) in [5.74, 6) is -0.123.